The van der Waals surface area contributed by atoms with Crippen LogP contribution in [0.1, 0.15) is 18.4 Å². The van der Waals surface area contributed by atoms with Crippen LogP contribution in [0.4, 0.5) is 0 Å². The van der Waals surface area contributed by atoms with E-state index < -0.39 is 6.04 Å². The van der Waals surface area contributed by atoms with E-state index in [2.05, 4.69) is 5.32 Å². The molecule has 1 heterocycles. The molecule has 1 N–H and O–H groups in total. The largest absolute Gasteiger partial charge is 0.347 e. The lowest BCUT2D eigenvalue weighted by molar-refractivity contribution is -0.137. The first-order valence-electron chi connectivity index (χ1n) is 7.40. The van der Waals surface area contributed by atoms with Crippen LogP contribution in [0.25, 0.3) is 0 Å². The van der Waals surface area contributed by atoms with E-state index in [1.807, 2.05) is 12.1 Å². The van der Waals surface area contributed by atoms with Gasteiger partial charge in [0.05, 0.1) is 6.54 Å². The van der Waals surface area contributed by atoms with Crippen molar-refractivity contribution in [2.24, 2.45) is 0 Å². The second-order valence-corrected chi connectivity index (χ2v) is 6.14. The summed E-state index contributed by atoms with van der Waals surface area (Å²) in [5.41, 5.74) is 0.909. The predicted octanol–water partition coefficient (Wildman–Crippen LogP) is 1.04. The van der Waals surface area contributed by atoms with Crippen molar-refractivity contribution in [3.63, 3.8) is 0 Å². The van der Waals surface area contributed by atoms with E-state index in [1.165, 1.54) is 4.90 Å². The van der Waals surface area contributed by atoms with Crippen LogP contribution in [0.2, 0.25) is 5.02 Å². The maximum atomic E-state index is 12.3. The van der Waals surface area contributed by atoms with Crippen molar-refractivity contribution in [2.45, 2.75) is 25.4 Å². The Morgan fingerprint density at radius 1 is 1.30 bits per heavy atom. The molecule has 0 unspecified atom stereocenters. The molecule has 1 aliphatic rings. The molecule has 0 aromatic heterocycles. The van der Waals surface area contributed by atoms with Gasteiger partial charge >= 0.3 is 0 Å². The molecule has 1 aromatic carbocycles. The molecule has 3 amide bonds. The molecule has 1 atom stereocenters. The van der Waals surface area contributed by atoms with Gasteiger partial charge in [-0.3, -0.25) is 14.4 Å². The predicted molar refractivity (Wildman–Crippen MR) is 86.7 cm³/mol. The Balaban J connectivity index is 1.99. The fourth-order valence-electron chi connectivity index (χ4n) is 2.43. The van der Waals surface area contributed by atoms with Gasteiger partial charge in [-0.15, -0.1) is 0 Å². The van der Waals surface area contributed by atoms with E-state index in [1.54, 1.807) is 31.1 Å². The summed E-state index contributed by atoms with van der Waals surface area (Å²) in [7, 11) is 3.25. The third-order valence-corrected chi connectivity index (χ3v) is 4.06. The summed E-state index contributed by atoms with van der Waals surface area (Å²) in [5.74, 6) is -0.536. The Kier molecular flexibility index (Phi) is 5.60. The smallest absolute Gasteiger partial charge is 0.243 e. The first-order valence-corrected chi connectivity index (χ1v) is 7.78. The molecule has 0 radical (unpaired) electrons. The number of amides is 3. The molecule has 7 heteroatoms. The Labute approximate surface area is 140 Å². The lowest BCUT2D eigenvalue weighted by Crippen LogP contribution is -2.46. The fourth-order valence-corrected chi connectivity index (χ4v) is 2.56. The van der Waals surface area contributed by atoms with Gasteiger partial charge in [-0.2, -0.15) is 0 Å². The average molecular weight is 338 g/mol. The summed E-state index contributed by atoms with van der Waals surface area (Å²) in [6, 6.07) is 6.63. The van der Waals surface area contributed by atoms with Crippen molar-refractivity contribution in [3.05, 3.63) is 34.9 Å². The average Bonchev–Trinajstić information content (AvgIpc) is 2.88. The van der Waals surface area contributed by atoms with Crippen LogP contribution in [0, 0.1) is 0 Å². The van der Waals surface area contributed by atoms with Crippen molar-refractivity contribution >= 4 is 29.3 Å². The van der Waals surface area contributed by atoms with E-state index in [9.17, 15) is 14.4 Å². The zero-order valence-corrected chi connectivity index (χ0v) is 14.0. The number of rotatable bonds is 5. The number of carbonyl (C=O) groups excluding carboxylic acids is 3. The highest BCUT2D eigenvalue weighted by Crippen LogP contribution is 2.22. The van der Waals surface area contributed by atoms with E-state index in [4.69, 9.17) is 11.6 Å². The summed E-state index contributed by atoms with van der Waals surface area (Å²) < 4.78 is 0. The lowest BCUT2D eigenvalue weighted by atomic mass is 10.1. The Hall–Kier alpha value is -2.08. The highest BCUT2D eigenvalue weighted by Gasteiger charge is 2.35. The third-order valence-electron chi connectivity index (χ3n) is 3.81. The summed E-state index contributed by atoms with van der Waals surface area (Å²) in [5, 5.41) is 3.23. The molecule has 1 aromatic rings. The number of nitrogens with zero attached hydrogens (tertiary/aromatic N) is 2. The third kappa shape index (κ3) is 4.45. The van der Waals surface area contributed by atoms with Gasteiger partial charge in [0, 0.05) is 32.1 Å². The molecule has 1 fully saturated rings. The fraction of sp³-hybridized carbons (Fsp3) is 0.438. The van der Waals surface area contributed by atoms with Crippen LogP contribution >= 0.6 is 11.6 Å². The molecule has 1 saturated heterocycles. The number of nitrogens with one attached hydrogen (secondary N) is 1. The van der Waals surface area contributed by atoms with Crippen molar-refractivity contribution in [1.29, 1.82) is 0 Å². The Bertz CT molecular complexity index is 601. The number of likely N-dealkylation sites (tertiary alicyclic amines) is 1. The van der Waals surface area contributed by atoms with Gasteiger partial charge < -0.3 is 15.1 Å². The molecule has 0 spiro atoms. The summed E-state index contributed by atoms with van der Waals surface area (Å²) >= 11 is 5.85. The first kappa shape index (κ1) is 17.3. The number of likely N-dealkylation sites (N-methyl/N-ethyl adjacent to an activating group) is 1. The minimum atomic E-state index is -0.534. The molecule has 2 rings (SSSR count). The van der Waals surface area contributed by atoms with Crippen LogP contribution < -0.4 is 5.32 Å². The normalized spacial score (nSPS) is 17.3. The quantitative estimate of drug-likeness (QED) is 0.872. The van der Waals surface area contributed by atoms with Gasteiger partial charge in [0.1, 0.15) is 6.04 Å². The number of hydrogen-bond acceptors (Lipinski definition) is 3. The minimum absolute atomic E-state index is 0.0564. The number of benzene rings is 1. The highest BCUT2D eigenvalue weighted by atomic mass is 35.5. The van der Waals surface area contributed by atoms with E-state index >= 15 is 0 Å². The zero-order valence-electron chi connectivity index (χ0n) is 13.2. The second-order valence-electron chi connectivity index (χ2n) is 5.71. The number of hydrogen-bond donors (Lipinski definition) is 1. The van der Waals surface area contributed by atoms with E-state index in [0.29, 0.717) is 24.4 Å². The lowest BCUT2D eigenvalue weighted by Gasteiger charge is -2.24. The zero-order chi connectivity index (χ0) is 17.0. The van der Waals surface area contributed by atoms with Gasteiger partial charge in [-0.05, 0) is 24.1 Å². The Morgan fingerprint density at radius 3 is 2.57 bits per heavy atom. The molecule has 23 heavy (non-hydrogen) atoms. The SMILES string of the molecule is CN(C)C(=O)CNC(=O)[C@H]1CCC(=O)N1Cc1ccc(Cl)cc1. The standard InChI is InChI=1S/C16H20ClN3O3/c1-19(2)15(22)9-18-16(23)13-7-8-14(21)20(13)10-11-3-5-12(17)6-4-11/h3-6,13H,7-10H2,1-2H3,(H,18,23)/t13-/m1/s1. The molecular weight excluding hydrogens is 318 g/mol. The summed E-state index contributed by atoms with van der Waals surface area (Å²) in [6.45, 7) is 0.293. The molecule has 0 saturated carbocycles. The van der Waals surface area contributed by atoms with Gasteiger partial charge in [-0.25, -0.2) is 0 Å². The van der Waals surface area contributed by atoms with Gasteiger partial charge in [-0.1, -0.05) is 23.7 Å². The van der Waals surface area contributed by atoms with Crippen LogP contribution in [0.5, 0.6) is 0 Å². The van der Waals surface area contributed by atoms with E-state index in [0.717, 1.165) is 5.56 Å². The summed E-state index contributed by atoms with van der Waals surface area (Å²) in [6.07, 6.45) is 0.807. The Morgan fingerprint density at radius 2 is 1.96 bits per heavy atom. The first-order chi connectivity index (χ1) is 10.9. The van der Waals surface area contributed by atoms with Crippen LogP contribution in [0.15, 0.2) is 24.3 Å². The topological polar surface area (TPSA) is 69.7 Å². The van der Waals surface area contributed by atoms with Crippen LogP contribution in [0.3, 0.4) is 0 Å². The van der Waals surface area contributed by atoms with Crippen LogP contribution in [-0.2, 0) is 20.9 Å². The maximum Gasteiger partial charge on any atom is 0.243 e. The van der Waals surface area contributed by atoms with Crippen molar-refractivity contribution < 1.29 is 14.4 Å². The van der Waals surface area contributed by atoms with E-state index in [-0.39, 0.29) is 24.3 Å². The molecule has 0 bridgehead atoms. The molecule has 0 aliphatic carbocycles. The van der Waals surface area contributed by atoms with Crippen molar-refractivity contribution in [2.75, 3.05) is 20.6 Å². The van der Waals surface area contributed by atoms with Gasteiger partial charge in [0.25, 0.3) is 0 Å². The highest BCUT2D eigenvalue weighted by molar-refractivity contribution is 6.30. The van der Waals surface area contributed by atoms with Crippen molar-refractivity contribution in [1.82, 2.24) is 15.1 Å². The minimum Gasteiger partial charge on any atom is -0.347 e. The van der Waals surface area contributed by atoms with Gasteiger partial charge in [0.2, 0.25) is 17.7 Å². The maximum absolute atomic E-state index is 12.3. The number of carbonyl (C=O) groups is 3. The number of halogens is 1. The molecule has 1 aliphatic heterocycles. The summed E-state index contributed by atoms with van der Waals surface area (Å²) in [4.78, 5) is 38.8. The molecule has 124 valence electrons. The monoisotopic (exact) mass is 337 g/mol. The van der Waals surface area contributed by atoms with Crippen LogP contribution in [-0.4, -0.2) is 54.2 Å². The second kappa shape index (κ2) is 7.46. The van der Waals surface area contributed by atoms with Crippen molar-refractivity contribution in [3.8, 4) is 0 Å². The molecule has 6 nitrogen and oxygen atoms in total. The molecular formula is C16H20ClN3O3. The van der Waals surface area contributed by atoms with Gasteiger partial charge in [0.15, 0.2) is 0 Å².